The second-order valence-electron chi connectivity index (χ2n) is 2.21. The Morgan fingerprint density at radius 2 is 1.21 bits per heavy atom. The molecule has 0 saturated carbocycles. The van der Waals surface area contributed by atoms with E-state index in [4.69, 9.17) is 19.7 Å². The fourth-order valence-corrected chi connectivity index (χ4v) is 1.66. The molecule has 0 aliphatic carbocycles. The third-order valence-electron chi connectivity index (χ3n) is 1.11. The van der Waals surface area contributed by atoms with Crippen molar-refractivity contribution in [2.75, 3.05) is 19.8 Å². The van der Waals surface area contributed by atoms with E-state index in [1.165, 1.54) is 0 Å². The predicted octanol–water partition coefficient (Wildman–Crippen LogP) is 1.84. The van der Waals surface area contributed by atoms with Gasteiger partial charge in [-0.15, -0.1) is 12.3 Å². The smallest absolute Gasteiger partial charge is 0.376 e. The summed E-state index contributed by atoms with van der Waals surface area (Å²) in [6.45, 7) is 9.80. The Balaban J connectivity index is 0. The summed E-state index contributed by atoms with van der Waals surface area (Å²) < 4.78 is 15.7. The van der Waals surface area contributed by atoms with Gasteiger partial charge in [-0.05, 0) is 20.8 Å². The Hall–Kier alpha value is -0.343. The molecule has 0 radical (unpaired) electrons. The molecule has 0 unspecified atom stereocenters. The minimum absolute atomic E-state index is 0.677. The normalized spacial score (nSPS) is 9.14. The van der Waals surface area contributed by atoms with Crippen molar-refractivity contribution in [1.29, 1.82) is 0 Å². The lowest BCUT2D eigenvalue weighted by Crippen LogP contribution is -2.27. The molecule has 0 aromatic rings. The Morgan fingerprint density at radius 3 is 1.36 bits per heavy atom. The van der Waals surface area contributed by atoms with Crippen molar-refractivity contribution in [3.8, 4) is 12.3 Å². The summed E-state index contributed by atoms with van der Waals surface area (Å²) in [5.41, 5.74) is 0. The molecule has 84 valence electrons. The largest absolute Gasteiger partial charge is 0.484 e. The highest BCUT2D eigenvalue weighted by Gasteiger charge is 2.11. The topological polar surface area (TPSA) is 27.7 Å². The highest BCUT2D eigenvalue weighted by Crippen LogP contribution is 1.90. The van der Waals surface area contributed by atoms with Gasteiger partial charge in [-0.1, -0.05) is 6.92 Å². The monoisotopic (exact) mass is 218 g/mol. The molecule has 4 heteroatoms. The van der Waals surface area contributed by atoms with Crippen LogP contribution in [-0.4, -0.2) is 29.3 Å². The molecule has 0 atom stereocenters. The predicted molar refractivity (Wildman–Crippen MR) is 61.2 cm³/mol. The minimum atomic E-state index is -1.73. The van der Waals surface area contributed by atoms with Crippen LogP contribution in [0.4, 0.5) is 0 Å². The van der Waals surface area contributed by atoms with Crippen LogP contribution in [0.15, 0.2) is 0 Å². The van der Waals surface area contributed by atoms with Gasteiger partial charge in [0, 0.05) is 26.2 Å². The first-order valence-corrected chi connectivity index (χ1v) is 6.46. The summed E-state index contributed by atoms with van der Waals surface area (Å²) >= 11 is 0. The van der Waals surface area contributed by atoms with Gasteiger partial charge in [-0.3, -0.25) is 0 Å². The van der Waals surface area contributed by atoms with Gasteiger partial charge in [0.25, 0.3) is 0 Å². The summed E-state index contributed by atoms with van der Waals surface area (Å²) in [5, 5.41) is 0. The molecule has 0 bridgehead atoms. The zero-order valence-electron chi connectivity index (χ0n) is 9.71. The summed E-state index contributed by atoms with van der Waals surface area (Å²) in [4.78, 5) is 0. The van der Waals surface area contributed by atoms with Crippen molar-refractivity contribution in [3.05, 3.63) is 0 Å². The van der Waals surface area contributed by atoms with Crippen LogP contribution in [0.5, 0.6) is 0 Å². The molecule has 14 heavy (non-hydrogen) atoms. The van der Waals surface area contributed by atoms with E-state index >= 15 is 0 Å². The zero-order chi connectivity index (χ0) is 11.2. The van der Waals surface area contributed by atoms with Crippen molar-refractivity contribution < 1.29 is 13.3 Å². The molecule has 0 aromatic carbocycles. The lowest BCUT2D eigenvalue weighted by molar-refractivity contribution is 0.107. The summed E-state index contributed by atoms with van der Waals surface area (Å²) in [7, 11) is -1.73. The van der Waals surface area contributed by atoms with Gasteiger partial charge >= 0.3 is 9.53 Å². The fourth-order valence-electron chi connectivity index (χ4n) is 0.553. The van der Waals surface area contributed by atoms with E-state index < -0.39 is 9.53 Å². The molecular weight excluding hydrogens is 196 g/mol. The highest BCUT2D eigenvalue weighted by atomic mass is 28.3. The van der Waals surface area contributed by atoms with Crippen molar-refractivity contribution >= 4 is 9.53 Å². The molecule has 0 heterocycles. The quantitative estimate of drug-likeness (QED) is 0.503. The van der Waals surface area contributed by atoms with E-state index in [0.717, 1.165) is 6.42 Å². The SMILES string of the molecule is C#CCC.CCO[SiH](OCC)OCC. The summed E-state index contributed by atoms with van der Waals surface area (Å²) in [6.07, 6.45) is 5.62. The first kappa shape index (κ1) is 16.1. The Labute approximate surface area is 89.7 Å². The number of hydrogen-bond acceptors (Lipinski definition) is 3. The van der Waals surface area contributed by atoms with Gasteiger partial charge in [0.15, 0.2) is 0 Å². The van der Waals surface area contributed by atoms with Gasteiger partial charge in [-0.25, -0.2) is 0 Å². The van der Waals surface area contributed by atoms with Crippen LogP contribution in [-0.2, 0) is 13.3 Å². The number of hydrogen-bond donors (Lipinski definition) is 0. The Kier molecular flexibility index (Phi) is 17.4. The van der Waals surface area contributed by atoms with Crippen LogP contribution in [0.2, 0.25) is 0 Å². The average molecular weight is 218 g/mol. The summed E-state index contributed by atoms with van der Waals surface area (Å²) in [5.74, 6) is 2.43. The van der Waals surface area contributed by atoms with E-state index in [1.54, 1.807) is 0 Å². The standard InChI is InChI=1S/C6H16O3Si.C4H6/c1-4-7-10(8-5-2)9-6-3;1-3-4-2/h10H,4-6H2,1-3H3;1H,4H2,2H3. The lowest BCUT2D eigenvalue weighted by Gasteiger charge is -2.12. The van der Waals surface area contributed by atoms with Gasteiger partial charge < -0.3 is 13.3 Å². The van der Waals surface area contributed by atoms with Gasteiger partial charge in [0.2, 0.25) is 0 Å². The van der Waals surface area contributed by atoms with Crippen LogP contribution in [0.1, 0.15) is 34.1 Å². The van der Waals surface area contributed by atoms with Crippen molar-refractivity contribution in [1.82, 2.24) is 0 Å². The van der Waals surface area contributed by atoms with Crippen molar-refractivity contribution in [2.24, 2.45) is 0 Å². The van der Waals surface area contributed by atoms with E-state index in [9.17, 15) is 0 Å². The first-order chi connectivity index (χ1) is 6.76. The number of rotatable bonds is 6. The number of terminal acetylenes is 1. The van der Waals surface area contributed by atoms with E-state index in [-0.39, 0.29) is 0 Å². The average Bonchev–Trinajstić information content (AvgIpc) is 2.20. The molecule has 0 amide bonds. The molecule has 0 fully saturated rings. The lowest BCUT2D eigenvalue weighted by atomic mass is 10.5. The van der Waals surface area contributed by atoms with E-state index in [2.05, 4.69) is 5.92 Å². The molecule has 0 rings (SSSR count). The molecule has 0 saturated heterocycles. The maximum Gasteiger partial charge on any atom is 0.484 e. The summed E-state index contributed by atoms with van der Waals surface area (Å²) in [6, 6.07) is 0. The van der Waals surface area contributed by atoms with Crippen LogP contribution < -0.4 is 0 Å². The molecule has 0 N–H and O–H groups in total. The molecule has 0 aliphatic rings. The molecule has 0 aromatic heterocycles. The maximum atomic E-state index is 5.22. The Bertz CT molecular complexity index is 120. The first-order valence-electron chi connectivity index (χ1n) is 5.04. The molecule has 0 spiro atoms. The van der Waals surface area contributed by atoms with Gasteiger partial charge in [-0.2, -0.15) is 0 Å². The minimum Gasteiger partial charge on any atom is -0.376 e. The van der Waals surface area contributed by atoms with Crippen LogP contribution in [0.25, 0.3) is 0 Å². The third-order valence-corrected chi connectivity index (χ3v) is 2.93. The van der Waals surface area contributed by atoms with Crippen molar-refractivity contribution in [2.45, 2.75) is 34.1 Å². The molecule has 3 nitrogen and oxygen atoms in total. The van der Waals surface area contributed by atoms with Gasteiger partial charge in [0.05, 0.1) is 0 Å². The highest BCUT2D eigenvalue weighted by molar-refractivity contribution is 6.36. The zero-order valence-corrected chi connectivity index (χ0v) is 10.9. The van der Waals surface area contributed by atoms with Crippen molar-refractivity contribution in [3.63, 3.8) is 0 Å². The maximum absolute atomic E-state index is 5.22. The fraction of sp³-hybridized carbons (Fsp3) is 0.800. The second-order valence-corrected chi connectivity index (χ2v) is 3.79. The second kappa shape index (κ2) is 15.1. The van der Waals surface area contributed by atoms with Crippen LogP contribution in [0.3, 0.4) is 0 Å². The van der Waals surface area contributed by atoms with E-state index in [0.29, 0.717) is 19.8 Å². The molecular formula is C10H22O3Si. The van der Waals surface area contributed by atoms with Crippen LogP contribution in [0, 0.1) is 12.3 Å². The van der Waals surface area contributed by atoms with E-state index in [1.807, 2.05) is 27.7 Å². The van der Waals surface area contributed by atoms with Crippen LogP contribution >= 0.6 is 0 Å². The third kappa shape index (κ3) is 14.2. The molecule has 0 aliphatic heterocycles. The Morgan fingerprint density at radius 1 is 0.929 bits per heavy atom. The van der Waals surface area contributed by atoms with Gasteiger partial charge in [0.1, 0.15) is 0 Å².